The van der Waals surface area contributed by atoms with Crippen LogP contribution in [0.4, 0.5) is 0 Å². The SMILES string of the molecule is CCCc1c(C(N)=O)nnn1C1CC1C. The Hall–Kier alpha value is -1.39. The molecule has 1 aromatic heterocycles. The monoisotopic (exact) mass is 208 g/mol. The van der Waals surface area contributed by atoms with Crippen molar-refractivity contribution in [3.05, 3.63) is 11.4 Å². The summed E-state index contributed by atoms with van der Waals surface area (Å²) in [7, 11) is 0. The first-order valence-electron chi connectivity index (χ1n) is 5.39. The first-order chi connectivity index (χ1) is 7.15. The maximum Gasteiger partial charge on any atom is 0.271 e. The van der Waals surface area contributed by atoms with Crippen LogP contribution in [0.5, 0.6) is 0 Å². The Morgan fingerprint density at radius 1 is 1.67 bits per heavy atom. The highest BCUT2D eigenvalue weighted by Gasteiger charge is 2.37. The minimum absolute atomic E-state index is 0.343. The summed E-state index contributed by atoms with van der Waals surface area (Å²) in [5, 5.41) is 7.90. The summed E-state index contributed by atoms with van der Waals surface area (Å²) >= 11 is 0. The quantitative estimate of drug-likeness (QED) is 0.799. The molecule has 2 N–H and O–H groups in total. The van der Waals surface area contributed by atoms with Gasteiger partial charge in [-0.05, 0) is 18.8 Å². The Kier molecular flexibility index (Phi) is 2.46. The van der Waals surface area contributed by atoms with E-state index in [1.54, 1.807) is 0 Å². The minimum atomic E-state index is -0.474. The van der Waals surface area contributed by atoms with E-state index in [0.717, 1.165) is 25.0 Å². The van der Waals surface area contributed by atoms with E-state index in [0.29, 0.717) is 17.7 Å². The normalized spacial score (nSPS) is 24.1. The minimum Gasteiger partial charge on any atom is -0.364 e. The highest BCUT2D eigenvalue weighted by atomic mass is 16.1. The van der Waals surface area contributed by atoms with Crippen LogP contribution in [0.1, 0.15) is 48.9 Å². The third kappa shape index (κ3) is 1.73. The topological polar surface area (TPSA) is 73.8 Å². The van der Waals surface area contributed by atoms with Crippen molar-refractivity contribution in [3.63, 3.8) is 0 Å². The third-order valence-corrected chi connectivity index (χ3v) is 2.89. The first kappa shape index (κ1) is 10.1. The molecule has 1 fully saturated rings. The molecule has 0 spiro atoms. The smallest absolute Gasteiger partial charge is 0.271 e. The number of hydrogen-bond acceptors (Lipinski definition) is 3. The molecule has 5 heteroatoms. The second-order valence-electron chi connectivity index (χ2n) is 4.22. The van der Waals surface area contributed by atoms with Gasteiger partial charge in [0.15, 0.2) is 5.69 Å². The van der Waals surface area contributed by atoms with Crippen LogP contribution in [-0.4, -0.2) is 20.9 Å². The molecular formula is C10H16N4O. The third-order valence-electron chi connectivity index (χ3n) is 2.89. The summed E-state index contributed by atoms with van der Waals surface area (Å²) in [6.45, 7) is 4.24. The van der Waals surface area contributed by atoms with Gasteiger partial charge in [0.2, 0.25) is 0 Å². The van der Waals surface area contributed by atoms with Gasteiger partial charge in [-0.1, -0.05) is 25.5 Å². The predicted molar refractivity (Wildman–Crippen MR) is 55.4 cm³/mol. The van der Waals surface area contributed by atoms with E-state index in [1.165, 1.54) is 0 Å². The predicted octanol–water partition coefficient (Wildman–Crippen LogP) is 0.910. The lowest BCUT2D eigenvalue weighted by Crippen LogP contribution is -2.15. The number of nitrogens with two attached hydrogens (primary N) is 1. The van der Waals surface area contributed by atoms with Gasteiger partial charge in [0.25, 0.3) is 5.91 Å². The highest BCUT2D eigenvalue weighted by molar-refractivity contribution is 5.91. The molecule has 1 heterocycles. The van der Waals surface area contributed by atoms with Crippen LogP contribution in [-0.2, 0) is 6.42 Å². The number of aromatic nitrogens is 3. The van der Waals surface area contributed by atoms with E-state index >= 15 is 0 Å². The lowest BCUT2D eigenvalue weighted by Gasteiger charge is -2.04. The van der Waals surface area contributed by atoms with Crippen LogP contribution in [0.2, 0.25) is 0 Å². The van der Waals surface area contributed by atoms with Gasteiger partial charge in [-0.15, -0.1) is 5.10 Å². The average molecular weight is 208 g/mol. The molecule has 2 rings (SSSR count). The maximum absolute atomic E-state index is 11.1. The van der Waals surface area contributed by atoms with E-state index in [2.05, 4.69) is 24.2 Å². The largest absolute Gasteiger partial charge is 0.364 e. The summed E-state index contributed by atoms with van der Waals surface area (Å²) in [4.78, 5) is 11.1. The van der Waals surface area contributed by atoms with Gasteiger partial charge < -0.3 is 5.73 Å². The van der Waals surface area contributed by atoms with Gasteiger partial charge >= 0.3 is 0 Å². The molecular weight excluding hydrogens is 192 g/mol. The number of hydrogen-bond donors (Lipinski definition) is 1. The second kappa shape index (κ2) is 3.64. The van der Waals surface area contributed by atoms with E-state index < -0.39 is 5.91 Å². The summed E-state index contributed by atoms with van der Waals surface area (Å²) in [6.07, 6.45) is 2.90. The van der Waals surface area contributed by atoms with E-state index in [1.807, 2.05) is 4.68 Å². The summed E-state index contributed by atoms with van der Waals surface area (Å²) < 4.78 is 1.88. The van der Waals surface area contributed by atoms with Gasteiger partial charge in [-0.3, -0.25) is 4.79 Å². The van der Waals surface area contributed by atoms with Crippen LogP contribution in [0.15, 0.2) is 0 Å². The Labute approximate surface area is 88.6 Å². The molecule has 0 saturated heterocycles. The molecule has 1 aliphatic carbocycles. The van der Waals surface area contributed by atoms with Crippen molar-refractivity contribution in [2.75, 3.05) is 0 Å². The molecule has 1 saturated carbocycles. The zero-order valence-corrected chi connectivity index (χ0v) is 9.10. The van der Waals surface area contributed by atoms with Gasteiger partial charge in [0, 0.05) is 0 Å². The standard InChI is InChI=1S/C10H16N4O/c1-3-4-7-9(10(11)15)12-13-14(7)8-5-6(8)2/h6,8H,3-5H2,1-2H3,(H2,11,15). The Bertz CT molecular complexity index is 385. The Balaban J connectivity index is 2.33. The van der Waals surface area contributed by atoms with Gasteiger partial charge in [0.1, 0.15) is 0 Å². The average Bonchev–Trinajstić information content (AvgIpc) is 2.76. The second-order valence-corrected chi connectivity index (χ2v) is 4.22. The number of nitrogens with zero attached hydrogens (tertiary/aromatic N) is 3. The zero-order valence-electron chi connectivity index (χ0n) is 9.10. The van der Waals surface area contributed by atoms with Crippen LogP contribution < -0.4 is 5.73 Å². The van der Waals surface area contributed by atoms with Gasteiger partial charge in [-0.25, -0.2) is 4.68 Å². The van der Waals surface area contributed by atoms with Crippen molar-refractivity contribution in [2.45, 2.75) is 39.2 Å². The maximum atomic E-state index is 11.1. The van der Waals surface area contributed by atoms with Crippen molar-refractivity contribution in [1.29, 1.82) is 0 Å². The van der Waals surface area contributed by atoms with Crippen LogP contribution >= 0.6 is 0 Å². The van der Waals surface area contributed by atoms with E-state index in [9.17, 15) is 4.79 Å². The van der Waals surface area contributed by atoms with E-state index in [4.69, 9.17) is 5.73 Å². The van der Waals surface area contributed by atoms with Gasteiger partial charge in [-0.2, -0.15) is 0 Å². The fraction of sp³-hybridized carbons (Fsp3) is 0.700. The number of amides is 1. The van der Waals surface area contributed by atoms with E-state index in [-0.39, 0.29) is 0 Å². The molecule has 1 amide bonds. The van der Waals surface area contributed by atoms with Crippen LogP contribution in [0.3, 0.4) is 0 Å². The number of primary amides is 1. The summed E-state index contributed by atoms with van der Waals surface area (Å²) in [5.41, 5.74) is 6.50. The molecule has 5 nitrogen and oxygen atoms in total. The summed E-state index contributed by atoms with van der Waals surface area (Å²) in [6, 6.07) is 0.423. The molecule has 82 valence electrons. The fourth-order valence-corrected chi connectivity index (χ4v) is 1.88. The first-order valence-corrected chi connectivity index (χ1v) is 5.39. The zero-order chi connectivity index (χ0) is 11.0. The Morgan fingerprint density at radius 2 is 2.33 bits per heavy atom. The lowest BCUT2D eigenvalue weighted by molar-refractivity contribution is 0.0994. The summed E-state index contributed by atoms with van der Waals surface area (Å²) in [5.74, 6) is 0.168. The Morgan fingerprint density at radius 3 is 2.80 bits per heavy atom. The van der Waals surface area contributed by atoms with Crippen molar-refractivity contribution in [3.8, 4) is 0 Å². The molecule has 15 heavy (non-hydrogen) atoms. The van der Waals surface area contributed by atoms with Crippen LogP contribution in [0.25, 0.3) is 0 Å². The number of carbonyl (C=O) groups is 1. The van der Waals surface area contributed by atoms with Crippen molar-refractivity contribution >= 4 is 5.91 Å². The number of rotatable bonds is 4. The molecule has 0 aliphatic heterocycles. The fourth-order valence-electron chi connectivity index (χ4n) is 1.88. The molecule has 2 atom stereocenters. The molecule has 2 unspecified atom stereocenters. The van der Waals surface area contributed by atoms with Crippen molar-refractivity contribution in [1.82, 2.24) is 15.0 Å². The van der Waals surface area contributed by atoms with Crippen molar-refractivity contribution < 1.29 is 4.79 Å². The van der Waals surface area contributed by atoms with Crippen molar-refractivity contribution in [2.24, 2.45) is 11.7 Å². The molecule has 0 bridgehead atoms. The molecule has 0 aromatic carbocycles. The number of carbonyl (C=O) groups excluding carboxylic acids is 1. The van der Waals surface area contributed by atoms with Crippen LogP contribution in [0, 0.1) is 5.92 Å². The highest BCUT2D eigenvalue weighted by Crippen LogP contribution is 2.43. The van der Waals surface area contributed by atoms with Gasteiger partial charge in [0.05, 0.1) is 11.7 Å². The molecule has 1 aromatic rings. The molecule has 1 aliphatic rings. The lowest BCUT2D eigenvalue weighted by atomic mass is 10.2. The molecule has 0 radical (unpaired) electrons.